The van der Waals surface area contributed by atoms with Gasteiger partial charge in [-0.15, -0.1) is 0 Å². The fourth-order valence-electron chi connectivity index (χ4n) is 3.12. The second kappa shape index (κ2) is 9.31. The standard InChI is InChI=1S/C20H23ClN2O3S2/c1-2-20(24)23-11-9-15-13-17(7-8-19(15)23)28(25,26)22-10-12-27-14-16-5-3-4-6-18(16)21/h3-8,13,22H,2,9-12,14H2,1H3. The fraction of sp³-hybridized carbons (Fsp3) is 0.350. The third-order valence-corrected chi connectivity index (χ3v) is 7.45. The SMILES string of the molecule is CCC(=O)N1CCc2cc(S(=O)(=O)NCCSCc3ccccc3Cl)ccc21. The van der Waals surface area contributed by atoms with Crippen LogP contribution >= 0.6 is 23.4 Å². The van der Waals surface area contributed by atoms with Crippen LogP contribution in [-0.2, 0) is 27.0 Å². The average Bonchev–Trinajstić information content (AvgIpc) is 3.11. The Balaban J connectivity index is 1.55. The van der Waals surface area contributed by atoms with Crippen molar-refractivity contribution in [1.82, 2.24) is 4.72 Å². The molecule has 0 aliphatic carbocycles. The molecule has 0 saturated carbocycles. The zero-order chi connectivity index (χ0) is 20.1. The Morgan fingerprint density at radius 1 is 1.25 bits per heavy atom. The summed E-state index contributed by atoms with van der Waals surface area (Å²) in [6, 6.07) is 12.6. The summed E-state index contributed by atoms with van der Waals surface area (Å²) >= 11 is 7.75. The van der Waals surface area contributed by atoms with E-state index in [9.17, 15) is 13.2 Å². The van der Waals surface area contributed by atoms with E-state index in [2.05, 4.69) is 4.72 Å². The van der Waals surface area contributed by atoms with E-state index in [0.717, 1.165) is 27.6 Å². The van der Waals surface area contributed by atoms with Crippen LogP contribution in [0.1, 0.15) is 24.5 Å². The Labute approximate surface area is 175 Å². The molecular weight excluding hydrogens is 416 g/mol. The Kier molecular flexibility index (Phi) is 7.04. The van der Waals surface area contributed by atoms with Gasteiger partial charge in [0.05, 0.1) is 4.90 Å². The summed E-state index contributed by atoms with van der Waals surface area (Å²) in [6.07, 6.45) is 1.12. The van der Waals surface area contributed by atoms with Crippen LogP contribution in [0.4, 0.5) is 5.69 Å². The number of fused-ring (bicyclic) bond motifs is 1. The lowest BCUT2D eigenvalue weighted by atomic mass is 10.2. The molecule has 8 heteroatoms. The number of rotatable bonds is 8. The molecule has 0 aromatic heterocycles. The highest BCUT2D eigenvalue weighted by atomic mass is 35.5. The van der Waals surface area contributed by atoms with Crippen LogP contribution < -0.4 is 9.62 Å². The molecule has 0 bridgehead atoms. The zero-order valence-corrected chi connectivity index (χ0v) is 18.0. The summed E-state index contributed by atoms with van der Waals surface area (Å²) in [6.45, 7) is 2.78. The van der Waals surface area contributed by atoms with Gasteiger partial charge in [-0.05, 0) is 41.8 Å². The number of sulfonamides is 1. The number of amides is 1. The van der Waals surface area contributed by atoms with Gasteiger partial charge in [0.25, 0.3) is 0 Å². The van der Waals surface area contributed by atoms with Gasteiger partial charge in [0.15, 0.2) is 0 Å². The van der Waals surface area contributed by atoms with E-state index in [1.807, 2.05) is 31.2 Å². The minimum absolute atomic E-state index is 0.0584. The summed E-state index contributed by atoms with van der Waals surface area (Å²) in [4.78, 5) is 13.9. The normalized spacial score (nSPS) is 13.6. The van der Waals surface area contributed by atoms with Crippen molar-refractivity contribution in [2.24, 2.45) is 0 Å². The van der Waals surface area contributed by atoms with Crippen LogP contribution in [0.3, 0.4) is 0 Å². The minimum Gasteiger partial charge on any atom is -0.312 e. The van der Waals surface area contributed by atoms with E-state index in [0.29, 0.717) is 31.7 Å². The van der Waals surface area contributed by atoms with Gasteiger partial charge in [0.1, 0.15) is 0 Å². The quantitative estimate of drug-likeness (QED) is 0.635. The van der Waals surface area contributed by atoms with Crippen LogP contribution in [0.2, 0.25) is 5.02 Å². The minimum atomic E-state index is -3.57. The highest BCUT2D eigenvalue weighted by Crippen LogP contribution is 2.30. The molecule has 1 amide bonds. The Bertz CT molecular complexity index is 964. The number of carbonyl (C=O) groups excluding carboxylic acids is 1. The van der Waals surface area contributed by atoms with Crippen molar-refractivity contribution in [3.05, 3.63) is 58.6 Å². The molecule has 1 aliphatic heterocycles. The maximum absolute atomic E-state index is 12.6. The number of thioether (sulfide) groups is 1. The van der Waals surface area contributed by atoms with Crippen LogP contribution in [-0.4, -0.2) is 33.2 Å². The van der Waals surface area contributed by atoms with Crippen LogP contribution in [0.5, 0.6) is 0 Å². The first-order valence-electron chi connectivity index (χ1n) is 9.16. The van der Waals surface area contributed by atoms with Crippen molar-refractivity contribution < 1.29 is 13.2 Å². The molecule has 0 fully saturated rings. The molecule has 3 rings (SSSR count). The van der Waals surface area contributed by atoms with E-state index >= 15 is 0 Å². The van der Waals surface area contributed by atoms with Crippen molar-refractivity contribution in [1.29, 1.82) is 0 Å². The number of carbonyl (C=O) groups is 1. The van der Waals surface area contributed by atoms with Crippen molar-refractivity contribution >= 4 is 45.0 Å². The number of hydrogen-bond acceptors (Lipinski definition) is 4. The van der Waals surface area contributed by atoms with Crippen molar-refractivity contribution in [3.8, 4) is 0 Å². The van der Waals surface area contributed by atoms with Gasteiger partial charge in [-0.2, -0.15) is 11.8 Å². The molecule has 1 heterocycles. The number of benzene rings is 2. The molecule has 0 spiro atoms. The van der Waals surface area contributed by atoms with Gasteiger partial charge < -0.3 is 4.90 Å². The molecular formula is C20H23ClN2O3S2. The lowest BCUT2D eigenvalue weighted by Crippen LogP contribution is -2.28. The van der Waals surface area contributed by atoms with Crippen molar-refractivity contribution in [3.63, 3.8) is 0 Å². The Hall–Kier alpha value is -1.54. The topological polar surface area (TPSA) is 66.5 Å². The van der Waals surface area contributed by atoms with E-state index in [1.54, 1.807) is 34.9 Å². The predicted molar refractivity (Wildman–Crippen MR) is 116 cm³/mol. The Morgan fingerprint density at radius 3 is 2.79 bits per heavy atom. The monoisotopic (exact) mass is 438 g/mol. The molecule has 0 saturated heterocycles. The van der Waals surface area contributed by atoms with E-state index in [1.165, 1.54) is 0 Å². The first-order valence-corrected chi connectivity index (χ1v) is 12.2. The van der Waals surface area contributed by atoms with Crippen LogP contribution in [0.15, 0.2) is 47.4 Å². The second-order valence-corrected chi connectivity index (χ2v) is 9.76. The van der Waals surface area contributed by atoms with Gasteiger partial charge in [-0.25, -0.2) is 13.1 Å². The fourth-order valence-corrected chi connectivity index (χ4v) is 5.48. The van der Waals surface area contributed by atoms with Gasteiger partial charge in [0.2, 0.25) is 15.9 Å². The Morgan fingerprint density at radius 2 is 2.04 bits per heavy atom. The zero-order valence-electron chi connectivity index (χ0n) is 15.7. The summed E-state index contributed by atoms with van der Waals surface area (Å²) in [5, 5.41) is 0.726. The van der Waals surface area contributed by atoms with Gasteiger partial charge in [-0.1, -0.05) is 36.7 Å². The molecule has 1 N–H and O–H groups in total. The van der Waals surface area contributed by atoms with Gasteiger partial charge in [-0.3, -0.25) is 4.79 Å². The summed E-state index contributed by atoms with van der Waals surface area (Å²) in [5.41, 5.74) is 2.76. The van der Waals surface area contributed by atoms with Crippen molar-refractivity contribution in [2.75, 3.05) is 23.7 Å². The number of nitrogens with one attached hydrogen (secondary N) is 1. The molecule has 1 aliphatic rings. The number of anilines is 1. The number of hydrogen-bond donors (Lipinski definition) is 1. The molecule has 2 aromatic rings. The first kappa shape index (κ1) is 21.2. The first-order chi connectivity index (χ1) is 13.4. The largest absolute Gasteiger partial charge is 0.312 e. The van der Waals surface area contributed by atoms with Crippen molar-refractivity contribution in [2.45, 2.75) is 30.4 Å². The molecule has 5 nitrogen and oxygen atoms in total. The molecule has 150 valence electrons. The summed E-state index contributed by atoms with van der Waals surface area (Å²) in [5.74, 6) is 1.44. The maximum atomic E-state index is 12.6. The predicted octanol–water partition coefficient (Wildman–Crippen LogP) is 3.85. The smallest absolute Gasteiger partial charge is 0.240 e. The second-order valence-electron chi connectivity index (χ2n) is 6.48. The number of halogens is 1. The molecule has 2 aromatic carbocycles. The third kappa shape index (κ3) is 4.89. The molecule has 28 heavy (non-hydrogen) atoms. The van der Waals surface area contributed by atoms with Gasteiger partial charge in [0, 0.05) is 41.7 Å². The third-order valence-electron chi connectivity index (χ3n) is 4.61. The van der Waals surface area contributed by atoms with Gasteiger partial charge >= 0.3 is 0 Å². The summed E-state index contributed by atoms with van der Waals surface area (Å²) < 4.78 is 27.8. The lowest BCUT2D eigenvalue weighted by molar-refractivity contribution is -0.118. The van der Waals surface area contributed by atoms with E-state index < -0.39 is 10.0 Å². The number of nitrogens with zero attached hydrogens (tertiary/aromatic N) is 1. The average molecular weight is 439 g/mol. The highest BCUT2D eigenvalue weighted by molar-refractivity contribution is 7.98. The maximum Gasteiger partial charge on any atom is 0.240 e. The highest BCUT2D eigenvalue weighted by Gasteiger charge is 2.25. The van der Waals surface area contributed by atoms with Crippen LogP contribution in [0, 0.1) is 0 Å². The van der Waals surface area contributed by atoms with E-state index in [4.69, 9.17) is 11.6 Å². The lowest BCUT2D eigenvalue weighted by Gasteiger charge is -2.16. The molecule has 0 unspecified atom stereocenters. The van der Waals surface area contributed by atoms with Crippen LogP contribution in [0.25, 0.3) is 0 Å². The van der Waals surface area contributed by atoms with E-state index in [-0.39, 0.29) is 10.8 Å². The molecule has 0 radical (unpaired) electrons. The molecule has 0 atom stereocenters. The summed E-state index contributed by atoms with van der Waals surface area (Å²) in [7, 11) is -3.57.